The van der Waals surface area contributed by atoms with Crippen LogP contribution >= 0.6 is 0 Å². The molecular formula is C15H21F2N. The molecule has 1 fully saturated rings. The summed E-state index contributed by atoms with van der Waals surface area (Å²) in [5.74, 6) is -0.847. The first-order valence-corrected chi connectivity index (χ1v) is 6.82. The van der Waals surface area contributed by atoms with Gasteiger partial charge in [0.15, 0.2) is 11.6 Å². The van der Waals surface area contributed by atoms with Crippen LogP contribution in [-0.2, 0) is 6.42 Å². The zero-order valence-corrected chi connectivity index (χ0v) is 10.9. The molecule has 1 atom stereocenters. The molecule has 1 aliphatic rings. The van der Waals surface area contributed by atoms with E-state index in [2.05, 4.69) is 5.32 Å². The highest BCUT2D eigenvalue weighted by atomic mass is 19.2. The Kier molecular flexibility index (Phi) is 4.70. The van der Waals surface area contributed by atoms with E-state index in [1.54, 1.807) is 6.07 Å². The van der Waals surface area contributed by atoms with Gasteiger partial charge in [0.1, 0.15) is 0 Å². The SMILES string of the molecule is CNC(Cc1ccc(F)c(F)c1)C1CCCCC1. The standard InChI is InChI=1S/C15H21F2N/c1-18-15(12-5-3-2-4-6-12)10-11-7-8-13(16)14(17)9-11/h7-9,12,15,18H,2-6,10H2,1H3. The molecule has 3 heteroatoms. The minimum absolute atomic E-state index is 0.371. The number of likely N-dealkylation sites (N-methyl/N-ethyl adjacent to an activating group) is 1. The summed E-state index contributed by atoms with van der Waals surface area (Å²) >= 11 is 0. The molecule has 18 heavy (non-hydrogen) atoms. The molecule has 0 saturated heterocycles. The number of hydrogen-bond acceptors (Lipinski definition) is 1. The predicted octanol–water partition coefficient (Wildman–Crippen LogP) is 3.68. The Bertz CT molecular complexity index is 386. The lowest BCUT2D eigenvalue weighted by Gasteiger charge is -2.30. The molecule has 1 saturated carbocycles. The summed E-state index contributed by atoms with van der Waals surface area (Å²) in [5, 5.41) is 3.34. The first kappa shape index (κ1) is 13.5. The topological polar surface area (TPSA) is 12.0 Å². The quantitative estimate of drug-likeness (QED) is 0.863. The molecule has 1 unspecified atom stereocenters. The van der Waals surface area contributed by atoms with Crippen molar-refractivity contribution in [3.8, 4) is 0 Å². The fourth-order valence-corrected chi connectivity index (χ4v) is 2.96. The number of benzene rings is 1. The van der Waals surface area contributed by atoms with Crippen LogP contribution in [0.4, 0.5) is 8.78 Å². The lowest BCUT2D eigenvalue weighted by molar-refractivity contribution is 0.276. The average Bonchev–Trinajstić information content (AvgIpc) is 2.41. The second-order valence-electron chi connectivity index (χ2n) is 5.25. The Morgan fingerprint density at radius 2 is 1.89 bits per heavy atom. The third-order valence-electron chi connectivity index (χ3n) is 4.03. The van der Waals surface area contributed by atoms with Gasteiger partial charge in [-0.15, -0.1) is 0 Å². The molecule has 0 bridgehead atoms. The minimum Gasteiger partial charge on any atom is -0.316 e. The lowest BCUT2D eigenvalue weighted by atomic mass is 9.81. The van der Waals surface area contributed by atoms with Gasteiger partial charge in [0.25, 0.3) is 0 Å². The van der Waals surface area contributed by atoms with E-state index in [9.17, 15) is 8.78 Å². The summed E-state index contributed by atoms with van der Waals surface area (Å²) in [7, 11) is 1.96. The Balaban J connectivity index is 2.02. The van der Waals surface area contributed by atoms with E-state index in [1.165, 1.54) is 44.2 Å². The van der Waals surface area contributed by atoms with Crippen molar-refractivity contribution in [2.45, 2.75) is 44.6 Å². The third kappa shape index (κ3) is 3.29. The van der Waals surface area contributed by atoms with Crippen LogP contribution in [-0.4, -0.2) is 13.1 Å². The van der Waals surface area contributed by atoms with Gasteiger partial charge in [-0.3, -0.25) is 0 Å². The van der Waals surface area contributed by atoms with E-state index in [0.29, 0.717) is 12.0 Å². The number of hydrogen-bond donors (Lipinski definition) is 1. The molecule has 0 heterocycles. The Morgan fingerprint density at radius 3 is 2.50 bits per heavy atom. The van der Waals surface area contributed by atoms with E-state index in [-0.39, 0.29) is 0 Å². The van der Waals surface area contributed by atoms with Crippen molar-refractivity contribution >= 4 is 0 Å². The van der Waals surface area contributed by atoms with Gasteiger partial charge in [0.05, 0.1) is 0 Å². The number of rotatable bonds is 4. The molecule has 0 spiro atoms. The van der Waals surface area contributed by atoms with Gasteiger partial charge in [-0.2, -0.15) is 0 Å². The van der Waals surface area contributed by atoms with Gasteiger partial charge < -0.3 is 5.32 Å². The van der Waals surface area contributed by atoms with Crippen LogP contribution in [0.25, 0.3) is 0 Å². The molecule has 0 amide bonds. The summed E-state index contributed by atoms with van der Waals surface area (Å²) in [6.07, 6.45) is 7.18. The molecule has 0 radical (unpaired) electrons. The van der Waals surface area contributed by atoms with Gasteiger partial charge in [0, 0.05) is 6.04 Å². The highest BCUT2D eigenvalue weighted by Gasteiger charge is 2.22. The lowest BCUT2D eigenvalue weighted by Crippen LogP contribution is -2.36. The third-order valence-corrected chi connectivity index (χ3v) is 4.03. The van der Waals surface area contributed by atoms with Gasteiger partial charge in [-0.25, -0.2) is 8.78 Å². The van der Waals surface area contributed by atoms with E-state index in [1.807, 2.05) is 7.05 Å². The van der Waals surface area contributed by atoms with Gasteiger partial charge in [0.2, 0.25) is 0 Å². The van der Waals surface area contributed by atoms with Crippen molar-refractivity contribution in [1.29, 1.82) is 0 Å². The zero-order valence-electron chi connectivity index (χ0n) is 10.9. The van der Waals surface area contributed by atoms with Crippen molar-refractivity contribution in [3.05, 3.63) is 35.4 Å². The molecule has 0 aliphatic heterocycles. The highest BCUT2D eigenvalue weighted by Crippen LogP contribution is 2.28. The molecule has 1 aliphatic carbocycles. The maximum atomic E-state index is 13.2. The van der Waals surface area contributed by atoms with Crippen LogP contribution in [0.15, 0.2) is 18.2 Å². The van der Waals surface area contributed by atoms with Gasteiger partial charge in [-0.05, 0) is 49.9 Å². The van der Waals surface area contributed by atoms with Crippen LogP contribution in [0.5, 0.6) is 0 Å². The normalized spacial score (nSPS) is 18.8. The van der Waals surface area contributed by atoms with Crippen LogP contribution in [0.3, 0.4) is 0 Å². The second-order valence-corrected chi connectivity index (χ2v) is 5.25. The van der Waals surface area contributed by atoms with Gasteiger partial charge in [-0.1, -0.05) is 25.3 Å². The fourth-order valence-electron chi connectivity index (χ4n) is 2.96. The van der Waals surface area contributed by atoms with E-state index < -0.39 is 11.6 Å². The molecule has 1 nitrogen and oxygen atoms in total. The largest absolute Gasteiger partial charge is 0.316 e. The van der Waals surface area contributed by atoms with E-state index in [4.69, 9.17) is 0 Å². The van der Waals surface area contributed by atoms with Crippen LogP contribution < -0.4 is 5.32 Å². The van der Waals surface area contributed by atoms with Crippen LogP contribution in [0, 0.1) is 17.6 Å². The van der Waals surface area contributed by atoms with Crippen molar-refractivity contribution in [1.82, 2.24) is 5.32 Å². The van der Waals surface area contributed by atoms with Crippen molar-refractivity contribution in [2.75, 3.05) is 7.05 Å². The summed E-state index contributed by atoms with van der Waals surface area (Å²) < 4.78 is 26.1. The maximum absolute atomic E-state index is 13.2. The Morgan fingerprint density at radius 1 is 1.17 bits per heavy atom. The predicted molar refractivity (Wildman–Crippen MR) is 69.5 cm³/mol. The summed E-state index contributed by atoms with van der Waals surface area (Å²) in [6.45, 7) is 0. The first-order valence-electron chi connectivity index (χ1n) is 6.82. The fraction of sp³-hybridized carbons (Fsp3) is 0.600. The summed E-state index contributed by atoms with van der Waals surface area (Å²) in [4.78, 5) is 0. The molecule has 1 aromatic carbocycles. The zero-order chi connectivity index (χ0) is 13.0. The molecule has 1 aromatic rings. The maximum Gasteiger partial charge on any atom is 0.159 e. The molecule has 1 N–H and O–H groups in total. The smallest absolute Gasteiger partial charge is 0.159 e. The average molecular weight is 253 g/mol. The van der Waals surface area contributed by atoms with Crippen molar-refractivity contribution in [2.24, 2.45) is 5.92 Å². The van der Waals surface area contributed by atoms with Gasteiger partial charge >= 0.3 is 0 Å². The van der Waals surface area contributed by atoms with Crippen molar-refractivity contribution in [3.63, 3.8) is 0 Å². The van der Waals surface area contributed by atoms with Crippen LogP contribution in [0.1, 0.15) is 37.7 Å². The van der Waals surface area contributed by atoms with Crippen molar-refractivity contribution < 1.29 is 8.78 Å². The highest BCUT2D eigenvalue weighted by molar-refractivity contribution is 5.19. The molecule has 100 valence electrons. The first-order chi connectivity index (χ1) is 8.70. The van der Waals surface area contributed by atoms with E-state index >= 15 is 0 Å². The van der Waals surface area contributed by atoms with E-state index in [0.717, 1.165) is 12.0 Å². The Labute approximate surface area is 108 Å². The molecule has 2 rings (SSSR count). The number of nitrogens with one attached hydrogen (secondary N) is 1. The second kappa shape index (κ2) is 6.28. The summed E-state index contributed by atoms with van der Waals surface area (Å²) in [5.41, 5.74) is 0.874. The molecule has 0 aromatic heterocycles. The number of halogens is 2. The monoisotopic (exact) mass is 253 g/mol. The summed E-state index contributed by atoms with van der Waals surface area (Å²) in [6, 6.07) is 4.60. The Hall–Kier alpha value is -0.960. The molecular weight excluding hydrogens is 232 g/mol. The minimum atomic E-state index is -0.766. The van der Waals surface area contributed by atoms with Crippen LogP contribution in [0.2, 0.25) is 0 Å².